The standard InChI is InChI=1S/C19H21NO4/c1-3-13-6-4-5-7-16(13)18(21)20-11-10-14-8-9-15(19(22)23)12-17(14)24-2/h4-9,12H,3,10-11H2,1-2H3,(H,20,21)(H,22,23). The number of aromatic carboxylic acids is 1. The van der Waals surface area contributed by atoms with Gasteiger partial charge >= 0.3 is 5.97 Å². The number of amides is 1. The number of hydrogen-bond acceptors (Lipinski definition) is 3. The van der Waals surface area contributed by atoms with E-state index in [2.05, 4.69) is 5.32 Å². The highest BCUT2D eigenvalue weighted by atomic mass is 16.5. The summed E-state index contributed by atoms with van der Waals surface area (Å²) in [5.41, 5.74) is 2.73. The highest BCUT2D eigenvalue weighted by Crippen LogP contribution is 2.20. The molecule has 5 heteroatoms. The number of rotatable bonds is 7. The summed E-state index contributed by atoms with van der Waals surface area (Å²) < 4.78 is 5.24. The third-order valence-corrected chi connectivity index (χ3v) is 3.86. The van der Waals surface area contributed by atoms with Crippen molar-refractivity contribution < 1.29 is 19.4 Å². The van der Waals surface area contributed by atoms with Crippen LogP contribution in [0.4, 0.5) is 0 Å². The number of carbonyl (C=O) groups is 2. The van der Waals surface area contributed by atoms with Crippen LogP contribution in [0.15, 0.2) is 42.5 Å². The fourth-order valence-corrected chi connectivity index (χ4v) is 2.54. The van der Waals surface area contributed by atoms with E-state index in [9.17, 15) is 9.59 Å². The summed E-state index contributed by atoms with van der Waals surface area (Å²) in [5.74, 6) is -0.587. The van der Waals surface area contributed by atoms with Crippen molar-refractivity contribution in [1.29, 1.82) is 0 Å². The molecule has 0 radical (unpaired) electrons. The summed E-state index contributed by atoms with van der Waals surface area (Å²) in [6, 6.07) is 12.3. The molecule has 2 N–H and O–H groups in total. The van der Waals surface area contributed by atoms with Crippen LogP contribution in [-0.4, -0.2) is 30.6 Å². The lowest BCUT2D eigenvalue weighted by Crippen LogP contribution is -2.26. The Bertz CT molecular complexity index is 740. The average Bonchev–Trinajstić information content (AvgIpc) is 2.61. The maximum Gasteiger partial charge on any atom is 0.335 e. The maximum absolute atomic E-state index is 12.3. The summed E-state index contributed by atoms with van der Waals surface area (Å²) in [5, 5.41) is 11.9. The van der Waals surface area contributed by atoms with E-state index in [4.69, 9.17) is 9.84 Å². The van der Waals surface area contributed by atoms with Crippen molar-refractivity contribution in [2.45, 2.75) is 19.8 Å². The van der Waals surface area contributed by atoms with Crippen molar-refractivity contribution in [2.75, 3.05) is 13.7 Å². The molecule has 0 aliphatic carbocycles. The molecular weight excluding hydrogens is 306 g/mol. The van der Waals surface area contributed by atoms with E-state index in [1.807, 2.05) is 31.2 Å². The van der Waals surface area contributed by atoms with Crippen molar-refractivity contribution in [3.63, 3.8) is 0 Å². The highest BCUT2D eigenvalue weighted by molar-refractivity contribution is 5.95. The smallest absolute Gasteiger partial charge is 0.335 e. The molecule has 126 valence electrons. The minimum absolute atomic E-state index is 0.103. The quantitative estimate of drug-likeness (QED) is 0.820. The van der Waals surface area contributed by atoms with Crippen LogP contribution in [0.3, 0.4) is 0 Å². The Balaban J connectivity index is 2.01. The van der Waals surface area contributed by atoms with Gasteiger partial charge in [0.05, 0.1) is 12.7 Å². The van der Waals surface area contributed by atoms with Gasteiger partial charge in [-0.2, -0.15) is 0 Å². The molecule has 1 amide bonds. The molecule has 0 atom stereocenters. The van der Waals surface area contributed by atoms with Gasteiger partial charge in [0.15, 0.2) is 0 Å². The lowest BCUT2D eigenvalue weighted by Gasteiger charge is -2.11. The van der Waals surface area contributed by atoms with Gasteiger partial charge in [0.2, 0.25) is 0 Å². The Kier molecular flexibility index (Phi) is 5.95. The first kappa shape index (κ1) is 17.5. The third-order valence-electron chi connectivity index (χ3n) is 3.86. The number of benzene rings is 2. The summed E-state index contributed by atoms with van der Waals surface area (Å²) in [6.07, 6.45) is 1.36. The lowest BCUT2D eigenvalue weighted by molar-refractivity contribution is 0.0696. The van der Waals surface area contributed by atoms with Crippen molar-refractivity contribution in [2.24, 2.45) is 0 Å². The molecule has 0 heterocycles. The Morgan fingerprint density at radius 3 is 2.54 bits per heavy atom. The van der Waals surface area contributed by atoms with Crippen LogP contribution >= 0.6 is 0 Å². The maximum atomic E-state index is 12.3. The topological polar surface area (TPSA) is 75.6 Å². The molecular formula is C19H21NO4. The molecule has 0 aliphatic heterocycles. The number of methoxy groups -OCH3 is 1. The predicted molar refractivity (Wildman–Crippen MR) is 91.8 cm³/mol. The van der Waals surface area contributed by atoms with E-state index < -0.39 is 5.97 Å². The summed E-state index contributed by atoms with van der Waals surface area (Å²) in [6.45, 7) is 2.46. The Morgan fingerprint density at radius 1 is 1.12 bits per heavy atom. The average molecular weight is 327 g/mol. The molecule has 0 unspecified atom stereocenters. The van der Waals surface area contributed by atoms with Crippen LogP contribution in [0.1, 0.15) is 38.8 Å². The van der Waals surface area contributed by atoms with Gasteiger partial charge in [-0.15, -0.1) is 0 Å². The van der Waals surface area contributed by atoms with Gasteiger partial charge in [-0.25, -0.2) is 4.79 Å². The fourth-order valence-electron chi connectivity index (χ4n) is 2.54. The number of carboxylic acid groups (broad SMARTS) is 1. The highest BCUT2D eigenvalue weighted by Gasteiger charge is 2.11. The number of carboxylic acids is 1. The van der Waals surface area contributed by atoms with Crippen LogP contribution in [-0.2, 0) is 12.8 Å². The molecule has 0 aliphatic rings. The molecule has 0 fully saturated rings. The normalized spacial score (nSPS) is 10.2. The minimum atomic E-state index is -0.996. The summed E-state index contributed by atoms with van der Waals surface area (Å²) in [4.78, 5) is 23.3. The van der Waals surface area contributed by atoms with Gasteiger partial charge in [-0.05, 0) is 42.2 Å². The first-order valence-electron chi connectivity index (χ1n) is 7.83. The van der Waals surface area contributed by atoms with E-state index >= 15 is 0 Å². The second-order valence-electron chi connectivity index (χ2n) is 5.35. The number of carbonyl (C=O) groups excluding carboxylic acids is 1. The second-order valence-corrected chi connectivity index (χ2v) is 5.35. The van der Waals surface area contributed by atoms with Gasteiger partial charge in [-0.1, -0.05) is 31.2 Å². The Morgan fingerprint density at radius 2 is 1.88 bits per heavy atom. The Labute approximate surface area is 141 Å². The minimum Gasteiger partial charge on any atom is -0.496 e. The molecule has 24 heavy (non-hydrogen) atoms. The molecule has 0 bridgehead atoms. The fraction of sp³-hybridized carbons (Fsp3) is 0.263. The van der Waals surface area contributed by atoms with Crippen molar-refractivity contribution in [1.82, 2.24) is 5.32 Å². The Hall–Kier alpha value is -2.82. The SMILES string of the molecule is CCc1ccccc1C(=O)NCCc1ccc(C(=O)O)cc1OC. The van der Waals surface area contributed by atoms with Crippen LogP contribution in [0.2, 0.25) is 0 Å². The monoisotopic (exact) mass is 327 g/mol. The van der Waals surface area contributed by atoms with E-state index in [0.717, 1.165) is 17.5 Å². The van der Waals surface area contributed by atoms with Crippen LogP contribution < -0.4 is 10.1 Å². The van der Waals surface area contributed by atoms with Gasteiger partial charge in [0.25, 0.3) is 5.91 Å². The van der Waals surface area contributed by atoms with Crippen molar-refractivity contribution in [3.8, 4) is 5.75 Å². The van der Waals surface area contributed by atoms with Gasteiger partial charge in [0.1, 0.15) is 5.75 Å². The van der Waals surface area contributed by atoms with Crippen LogP contribution in [0, 0.1) is 0 Å². The number of aryl methyl sites for hydroxylation is 1. The summed E-state index contributed by atoms with van der Waals surface area (Å²) in [7, 11) is 1.50. The second kappa shape index (κ2) is 8.15. The van der Waals surface area contributed by atoms with E-state index in [1.165, 1.54) is 19.2 Å². The summed E-state index contributed by atoms with van der Waals surface area (Å²) >= 11 is 0. The van der Waals surface area contributed by atoms with Crippen LogP contribution in [0.25, 0.3) is 0 Å². The van der Waals surface area contributed by atoms with Gasteiger partial charge in [0, 0.05) is 12.1 Å². The van der Waals surface area contributed by atoms with E-state index in [-0.39, 0.29) is 11.5 Å². The third kappa shape index (κ3) is 4.13. The first-order chi connectivity index (χ1) is 11.6. The predicted octanol–water partition coefficient (Wildman–Crippen LogP) is 2.93. The molecule has 0 saturated carbocycles. The largest absolute Gasteiger partial charge is 0.496 e. The molecule has 0 spiro atoms. The molecule has 5 nitrogen and oxygen atoms in total. The zero-order chi connectivity index (χ0) is 17.5. The first-order valence-corrected chi connectivity index (χ1v) is 7.83. The molecule has 2 aromatic rings. The van der Waals surface area contributed by atoms with Crippen LogP contribution in [0.5, 0.6) is 5.75 Å². The zero-order valence-electron chi connectivity index (χ0n) is 13.8. The lowest BCUT2D eigenvalue weighted by atomic mass is 10.0. The number of nitrogens with one attached hydrogen (secondary N) is 1. The van der Waals surface area contributed by atoms with Crippen molar-refractivity contribution >= 4 is 11.9 Å². The number of hydrogen-bond donors (Lipinski definition) is 2. The molecule has 0 aromatic heterocycles. The molecule has 2 rings (SSSR count). The van der Waals surface area contributed by atoms with Gasteiger partial charge < -0.3 is 15.2 Å². The number of ether oxygens (including phenoxy) is 1. The molecule has 2 aromatic carbocycles. The van der Waals surface area contributed by atoms with Crippen molar-refractivity contribution in [3.05, 3.63) is 64.7 Å². The van der Waals surface area contributed by atoms with Gasteiger partial charge in [-0.3, -0.25) is 4.79 Å². The van der Waals surface area contributed by atoms with E-state index in [1.54, 1.807) is 6.07 Å². The zero-order valence-corrected chi connectivity index (χ0v) is 13.8. The van der Waals surface area contributed by atoms with E-state index in [0.29, 0.717) is 24.3 Å². The molecule has 0 saturated heterocycles.